The van der Waals surface area contributed by atoms with Gasteiger partial charge in [-0.15, -0.1) is 4.99 Å². The van der Waals surface area contributed by atoms with E-state index in [0.717, 1.165) is 6.08 Å². The lowest BCUT2D eigenvalue weighted by atomic mass is 10.2. The van der Waals surface area contributed by atoms with E-state index < -0.39 is 5.91 Å². The summed E-state index contributed by atoms with van der Waals surface area (Å²) in [6.07, 6.45) is 4.55. The first-order valence-corrected chi connectivity index (χ1v) is 3.40. The molecule has 5 heteroatoms. The molecule has 0 atom stereocenters. The third-order valence-corrected chi connectivity index (χ3v) is 1.35. The summed E-state index contributed by atoms with van der Waals surface area (Å²) in [5, 5.41) is 0. The number of rotatable bonds is 2. The maximum Gasteiger partial charge on any atom is 0.323 e. The van der Waals surface area contributed by atoms with Crippen LogP contribution < -0.4 is 0 Å². The van der Waals surface area contributed by atoms with Crippen molar-refractivity contribution in [1.82, 2.24) is 0 Å². The van der Waals surface area contributed by atoms with Crippen LogP contribution >= 0.6 is 0 Å². The normalized spacial score (nSPS) is 14.5. The standard InChI is InChI=1S/C8H5NO4/c10-4-6-2-1-3-13-7(6)8(12)9-5-11/h1-2,4H,3H2. The van der Waals surface area contributed by atoms with Crippen LogP contribution in [0, 0.1) is 0 Å². The van der Waals surface area contributed by atoms with Gasteiger partial charge in [-0.1, -0.05) is 0 Å². The highest BCUT2D eigenvalue weighted by Crippen LogP contribution is 2.12. The molecule has 0 radical (unpaired) electrons. The van der Waals surface area contributed by atoms with Crippen LogP contribution in [0.25, 0.3) is 0 Å². The van der Waals surface area contributed by atoms with Gasteiger partial charge in [0.1, 0.15) is 6.61 Å². The molecule has 0 aromatic heterocycles. The smallest absolute Gasteiger partial charge is 0.323 e. The maximum absolute atomic E-state index is 11.0. The Morgan fingerprint density at radius 3 is 3.08 bits per heavy atom. The molecule has 1 amide bonds. The number of hydrogen-bond acceptors (Lipinski definition) is 4. The molecule has 0 bridgehead atoms. The van der Waals surface area contributed by atoms with Crippen molar-refractivity contribution >= 4 is 18.3 Å². The third kappa shape index (κ3) is 1.98. The quantitative estimate of drug-likeness (QED) is 0.336. The molecule has 1 heterocycles. The van der Waals surface area contributed by atoms with Gasteiger partial charge >= 0.3 is 5.91 Å². The van der Waals surface area contributed by atoms with Crippen LogP contribution in [0.4, 0.5) is 0 Å². The van der Waals surface area contributed by atoms with Gasteiger partial charge in [0.2, 0.25) is 6.08 Å². The van der Waals surface area contributed by atoms with Gasteiger partial charge in [-0.2, -0.15) is 0 Å². The van der Waals surface area contributed by atoms with Crippen molar-refractivity contribution < 1.29 is 19.1 Å². The number of allylic oxidation sites excluding steroid dienone is 2. The molecule has 1 aliphatic heterocycles. The fourth-order valence-electron chi connectivity index (χ4n) is 0.836. The number of ether oxygens (including phenoxy) is 1. The number of carbonyl (C=O) groups is 2. The zero-order valence-electron chi connectivity index (χ0n) is 6.52. The van der Waals surface area contributed by atoms with Crippen LogP contribution in [0.3, 0.4) is 0 Å². The predicted octanol–water partition coefficient (Wildman–Crippen LogP) is -0.112. The van der Waals surface area contributed by atoms with Gasteiger partial charge in [0.05, 0.1) is 5.57 Å². The van der Waals surface area contributed by atoms with Gasteiger partial charge in [0.25, 0.3) is 0 Å². The van der Waals surface area contributed by atoms with E-state index in [4.69, 9.17) is 4.74 Å². The Morgan fingerprint density at radius 1 is 1.69 bits per heavy atom. The molecule has 1 aliphatic rings. The molecule has 0 N–H and O–H groups in total. The van der Waals surface area contributed by atoms with Crippen LogP contribution in [-0.2, 0) is 19.1 Å². The summed E-state index contributed by atoms with van der Waals surface area (Å²) in [4.78, 5) is 33.9. The number of amides is 1. The minimum Gasteiger partial charge on any atom is -0.483 e. The molecule has 0 saturated carbocycles. The maximum atomic E-state index is 11.0. The van der Waals surface area contributed by atoms with Crippen molar-refractivity contribution in [3.05, 3.63) is 23.5 Å². The number of aliphatic imine (C=N–C) groups is 1. The molecule has 0 fully saturated rings. The Hall–Kier alpha value is -2.00. The monoisotopic (exact) mass is 179 g/mol. The Kier molecular flexibility index (Phi) is 2.89. The Labute approximate surface area is 73.4 Å². The molecule has 0 aromatic carbocycles. The van der Waals surface area contributed by atoms with Crippen molar-refractivity contribution in [3.8, 4) is 0 Å². The van der Waals surface area contributed by atoms with Crippen LogP contribution in [0.1, 0.15) is 0 Å². The molecule has 0 aliphatic carbocycles. The predicted molar refractivity (Wildman–Crippen MR) is 41.3 cm³/mol. The van der Waals surface area contributed by atoms with E-state index in [0.29, 0.717) is 6.29 Å². The van der Waals surface area contributed by atoms with Gasteiger partial charge in [-0.3, -0.25) is 9.59 Å². The minimum absolute atomic E-state index is 0.0789. The summed E-state index contributed by atoms with van der Waals surface area (Å²) in [6.45, 7) is 0.187. The molecular weight excluding hydrogens is 174 g/mol. The SMILES string of the molecule is O=C=NC(=O)C1=C(C=O)C=CCO1. The molecule has 13 heavy (non-hydrogen) atoms. The van der Waals surface area contributed by atoms with E-state index in [-0.39, 0.29) is 17.9 Å². The number of nitrogens with zero attached hydrogens (tertiary/aromatic N) is 1. The summed E-state index contributed by atoms with van der Waals surface area (Å²) in [5.41, 5.74) is 0.0789. The van der Waals surface area contributed by atoms with Crippen LogP contribution in [-0.4, -0.2) is 24.9 Å². The number of isocyanates is 1. The molecule has 1 rings (SSSR count). The van der Waals surface area contributed by atoms with E-state index in [2.05, 4.69) is 4.99 Å². The summed E-state index contributed by atoms with van der Waals surface area (Å²) in [7, 11) is 0. The van der Waals surface area contributed by atoms with E-state index in [1.807, 2.05) is 0 Å². The van der Waals surface area contributed by atoms with Crippen molar-refractivity contribution in [3.63, 3.8) is 0 Å². The second-order valence-electron chi connectivity index (χ2n) is 2.12. The van der Waals surface area contributed by atoms with E-state index in [1.54, 1.807) is 6.08 Å². The first-order chi connectivity index (χ1) is 6.29. The molecule has 66 valence electrons. The van der Waals surface area contributed by atoms with Crippen LogP contribution in [0.2, 0.25) is 0 Å². The highest BCUT2D eigenvalue weighted by molar-refractivity contribution is 6.01. The number of hydrogen-bond donors (Lipinski definition) is 0. The summed E-state index contributed by atoms with van der Waals surface area (Å²) < 4.78 is 4.84. The van der Waals surface area contributed by atoms with Crippen LogP contribution in [0.5, 0.6) is 0 Å². The Morgan fingerprint density at radius 2 is 2.46 bits per heavy atom. The lowest BCUT2D eigenvalue weighted by molar-refractivity contribution is -0.118. The Bertz CT molecular complexity index is 347. The third-order valence-electron chi connectivity index (χ3n) is 1.35. The lowest BCUT2D eigenvalue weighted by Crippen LogP contribution is -2.10. The molecule has 5 nitrogen and oxygen atoms in total. The van der Waals surface area contributed by atoms with E-state index >= 15 is 0 Å². The van der Waals surface area contributed by atoms with Crippen molar-refractivity contribution in [1.29, 1.82) is 0 Å². The fourth-order valence-corrected chi connectivity index (χ4v) is 0.836. The van der Waals surface area contributed by atoms with Crippen molar-refractivity contribution in [2.24, 2.45) is 4.99 Å². The first-order valence-electron chi connectivity index (χ1n) is 3.40. The van der Waals surface area contributed by atoms with Crippen molar-refractivity contribution in [2.45, 2.75) is 0 Å². The average molecular weight is 179 g/mol. The van der Waals surface area contributed by atoms with E-state index in [1.165, 1.54) is 6.08 Å². The molecule has 0 spiro atoms. The van der Waals surface area contributed by atoms with Gasteiger partial charge in [0, 0.05) is 0 Å². The zero-order chi connectivity index (χ0) is 9.68. The van der Waals surface area contributed by atoms with Gasteiger partial charge in [-0.05, 0) is 12.2 Å². The molecule has 0 aromatic rings. The van der Waals surface area contributed by atoms with Crippen LogP contribution in [0.15, 0.2) is 28.5 Å². The summed E-state index contributed by atoms with van der Waals surface area (Å²) in [5.74, 6) is -1.10. The second-order valence-corrected chi connectivity index (χ2v) is 2.12. The highest BCUT2D eigenvalue weighted by atomic mass is 16.5. The summed E-state index contributed by atoms with van der Waals surface area (Å²) >= 11 is 0. The topological polar surface area (TPSA) is 72.8 Å². The van der Waals surface area contributed by atoms with Gasteiger partial charge in [-0.25, -0.2) is 4.79 Å². The first kappa shape index (κ1) is 9.09. The molecule has 0 saturated heterocycles. The van der Waals surface area contributed by atoms with Crippen molar-refractivity contribution in [2.75, 3.05) is 6.61 Å². The zero-order valence-corrected chi connectivity index (χ0v) is 6.52. The minimum atomic E-state index is -0.888. The lowest BCUT2D eigenvalue weighted by Gasteiger charge is -2.09. The largest absolute Gasteiger partial charge is 0.483 e. The van der Waals surface area contributed by atoms with Gasteiger partial charge < -0.3 is 4.74 Å². The molecule has 0 unspecified atom stereocenters. The van der Waals surface area contributed by atoms with E-state index in [9.17, 15) is 14.4 Å². The average Bonchev–Trinajstić information content (AvgIpc) is 2.18. The molecular formula is C8H5NO4. The van der Waals surface area contributed by atoms with Gasteiger partial charge in [0.15, 0.2) is 12.0 Å². The Balaban J connectivity index is 3.04. The second kappa shape index (κ2) is 4.13. The number of carbonyl (C=O) groups excluding carboxylic acids is 3. The fraction of sp³-hybridized carbons (Fsp3) is 0.125. The number of aldehydes is 1. The highest BCUT2D eigenvalue weighted by Gasteiger charge is 2.16. The summed E-state index contributed by atoms with van der Waals surface area (Å²) in [6, 6.07) is 0.